The zero-order valence-electron chi connectivity index (χ0n) is 21.8. The Labute approximate surface area is 218 Å². The highest BCUT2D eigenvalue weighted by Crippen LogP contribution is 2.37. The Morgan fingerprint density at radius 2 is 1.86 bits per heavy atom. The summed E-state index contributed by atoms with van der Waals surface area (Å²) >= 11 is 0. The molecule has 2 N–H and O–H groups in total. The van der Waals surface area contributed by atoms with Crippen molar-refractivity contribution in [3.8, 4) is 5.75 Å². The molecule has 8 nitrogen and oxygen atoms in total. The van der Waals surface area contributed by atoms with Crippen molar-refractivity contribution in [3.63, 3.8) is 0 Å². The predicted molar refractivity (Wildman–Crippen MR) is 141 cm³/mol. The summed E-state index contributed by atoms with van der Waals surface area (Å²) in [4.78, 5) is 35.3. The lowest BCUT2D eigenvalue weighted by molar-refractivity contribution is -0.175. The molecule has 4 rings (SSSR count). The number of amides is 2. The number of hydrogen-bond donors (Lipinski definition) is 2. The fourth-order valence-corrected chi connectivity index (χ4v) is 4.59. The molecule has 0 bridgehead atoms. The van der Waals surface area contributed by atoms with Crippen LogP contribution in [-0.4, -0.2) is 59.5 Å². The molecule has 1 aliphatic heterocycles. The smallest absolute Gasteiger partial charge is 0.245 e. The van der Waals surface area contributed by atoms with Crippen LogP contribution in [0.15, 0.2) is 61.1 Å². The molecule has 2 heterocycles. The first-order valence-electron chi connectivity index (χ1n) is 12.8. The number of benzene rings is 2. The minimum Gasteiger partial charge on any atom is -0.497 e. The number of aromatic amines is 1. The first-order valence-corrected chi connectivity index (χ1v) is 12.8. The fraction of sp³-hybridized carbons (Fsp3) is 0.414. The number of aryl methyl sites for hydroxylation is 2. The summed E-state index contributed by atoms with van der Waals surface area (Å²) in [7, 11) is 1.62. The summed E-state index contributed by atoms with van der Waals surface area (Å²) in [6.45, 7) is 5.67. The quantitative estimate of drug-likeness (QED) is 0.393. The number of likely N-dealkylation sites (tertiary alicyclic amines) is 1. The fourth-order valence-electron chi connectivity index (χ4n) is 4.59. The van der Waals surface area contributed by atoms with Crippen molar-refractivity contribution in [3.05, 3.63) is 83.4 Å². The van der Waals surface area contributed by atoms with Gasteiger partial charge >= 0.3 is 0 Å². The molecule has 37 heavy (non-hydrogen) atoms. The number of nitrogens with zero attached hydrogens (tertiary/aromatic N) is 2. The van der Waals surface area contributed by atoms with Gasteiger partial charge < -0.3 is 24.7 Å². The van der Waals surface area contributed by atoms with Crippen LogP contribution < -0.4 is 10.1 Å². The number of imidazole rings is 1. The Bertz CT molecular complexity index is 1150. The number of carbonyl (C=O) groups excluding carboxylic acids is 2. The first-order chi connectivity index (χ1) is 17.9. The van der Waals surface area contributed by atoms with E-state index in [0.717, 1.165) is 29.0 Å². The van der Waals surface area contributed by atoms with Crippen molar-refractivity contribution in [2.24, 2.45) is 0 Å². The molecule has 8 heteroatoms. The Morgan fingerprint density at radius 1 is 1.14 bits per heavy atom. The van der Waals surface area contributed by atoms with Crippen molar-refractivity contribution in [2.45, 2.75) is 51.2 Å². The highest BCUT2D eigenvalue weighted by Gasteiger charge is 2.48. The Morgan fingerprint density at radius 3 is 2.49 bits per heavy atom. The van der Waals surface area contributed by atoms with Crippen LogP contribution in [0.4, 0.5) is 0 Å². The van der Waals surface area contributed by atoms with Crippen LogP contribution in [0.25, 0.3) is 0 Å². The molecule has 0 unspecified atom stereocenters. The van der Waals surface area contributed by atoms with Gasteiger partial charge in [0.15, 0.2) is 0 Å². The van der Waals surface area contributed by atoms with Crippen molar-refractivity contribution >= 4 is 11.8 Å². The Balaban J connectivity index is 1.47. The van der Waals surface area contributed by atoms with E-state index in [9.17, 15) is 9.59 Å². The van der Waals surface area contributed by atoms with Gasteiger partial charge in [-0.05, 0) is 43.0 Å². The van der Waals surface area contributed by atoms with Crippen LogP contribution in [0, 0.1) is 6.92 Å². The molecule has 196 valence electrons. The van der Waals surface area contributed by atoms with Crippen molar-refractivity contribution < 1.29 is 19.1 Å². The Kier molecular flexibility index (Phi) is 8.61. The highest BCUT2D eigenvalue weighted by molar-refractivity contribution is 5.88. The minimum absolute atomic E-state index is 0.103. The van der Waals surface area contributed by atoms with E-state index in [4.69, 9.17) is 9.47 Å². The zero-order valence-corrected chi connectivity index (χ0v) is 21.8. The van der Waals surface area contributed by atoms with Crippen LogP contribution in [0.2, 0.25) is 0 Å². The van der Waals surface area contributed by atoms with Gasteiger partial charge in [0.25, 0.3) is 0 Å². The third-order valence-corrected chi connectivity index (χ3v) is 6.77. The molecule has 2 aromatic carbocycles. The number of nitrogens with one attached hydrogen (secondary N) is 2. The van der Waals surface area contributed by atoms with E-state index in [2.05, 4.69) is 53.4 Å². The molecular weight excluding hydrogens is 468 g/mol. The van der Waals surface area contributed by atoms with E-state index >= 15 is 0 Å². The standard InChI is InChI=1S/C29H36N4O4/c1-4-15-37-29(23-9-5-21(2)6-10-23)18-33(19-29)28(35)26(16-22-7-12-25(36-3)13-8-22)32-27(34)14-11-24-17-30-20-31-24/h5-10,12-13,17,20,26H,4,11,14-16,18-19H2,1-3H3,(H,30,31)(H,32,34)/t26-/m1/s1. The highest BCUT2D eigenvalue weighted by atomic mass is 16.5. The number of hydrogen-bond acceptors (Lipinski definition) is 5. The third-order valence-electron chi connectivity index (χ3n) is 6.77. The Hall–Kier alpha value is -3.65. The summed E-state index contributed by atoms with van der Waals surface area (Å²) in [5, 5.41) is 2.99. The zero-order chi connectivity index (χ0) is 26.3. The predicted octanol–water partition coefficient (Wildman–Crippen LogP) is 3.55. The van der Waals surface area contributed by atoms with Gasteiger partial charge in [0.1, 0.15) is 17.4 Å². The van der Waals surface area contributed by atoms with Crippen LogP contribution in [0.1, 0.15) is 42.1 Å². The number of aromatic nitrogens is 2. The number of ether oxygens (including phenoxy) is 2. The van der Waals surface area contributed by atoms with E-state index in [0.29, 0.717) is 32.5 Å². The lowest BCUT2D eigenvalue weighted by Crippen LogP contribution is -2.66. The van der Waals surface area contributed by atoms with Gasteiger partial charge in [0, 0.05) is 31.3 Å². The maximum Gasteiger partial charge on any atom is 0.245 e. The summed E-state index contributed by atoms with van der Waals surface area (Å²) in [6, 6.07) is 15.2. The lowest BCUT2D eigenvalue weighted by Gasteiger charge is -2.51. The summed E-state index contributed by atoms with van der Waals surface area (Å²) < 4.78 is 11.6. The topological polar surface area (TPSA) is 96.6 Å². The van der Waals surface area contributed by atoms with Gasteiger partial charge in [0.2, 0.25) is 11.8 Å². The molecule has 0 aliphatic carbocycles. The van der Waals surface area contributed by atoms with E-state index < -0.39 is 11.6 Å². The van der Waals surface area contributed by atoms with E-state index in [1.807, 2.05) is 24.3 Å². The van der Waals surface area contributed by atoms with Gasteiger partial charge in [-0.2, -0.15) is 0 Å². The van der Waals surface area contributed by atoms with Crippen molar-refractivity contribution in [1.82, 2.24) is 20.2 Å². The molecule has 0 spiro atoms. The maximum atomic E-state index is 13.7. The van der Waals surface area contributed by atoms with Crippen LogP contribution in [0.3, 0.4) is 0 Å². The molecule has 1 aliphatic rings. The number of carbonyl (C=O) groups is 2. The van der Waals surface area contributed by atoms with Gasteiger partial charge in [-0.25, -0.2) is 4.98 Å². The maximum absolute atomic E-state index is 13.7. The molecular formula is C29H36N4O4. The molecule has 1 saturated heterocycles. The molecule has 3 aromatic rings. The second kappa shape index (κ2) is 12.1. The monoisotopic (exact) mass is 504 g/mol. The first kappa shape index (κ1) is 26.4. The largest absolute Gasteiger partial charge is 0.497 e. The average Bonchev–Trinajstić information content (AvgIpc) is 3.41. The van der Waals surface area contributed by atoms with Crippen LogP contribution in [0.5, 0.6) is 5.75 Å². The second-order valence-electron chi connectivity index (χ2n) is 9.65. The van der Waals surface area contributed by atoms with E-state index in [1.165, 1.54) is 5.56 Å². The normalized spacial score (nSPS) is 15.1. The van der Waals surface area contributed by atoms with Gasteiger partial charge in [-0.1, -0.05) is 48.9 Å². The molecule has 0 saturated carbocycles. The van der Waals surface area contributed by atoms with E-state index in [-0.39, 0.29) is 18.2 Å². The molecule has 0 radical (unpaired) electrons. The third kappa shape index (κ3) is 6.57. The van der Waals surface area contributed by atoms with Gasteiger partial charge in [-0.3, -0.25) is 9.59 Å². The molecule has 1 aromatic heterocycles. The number of H-pyrrole nitrogens is 1. The van der Waals surface area contributed by atoms with Gasteiger partial charge in [-0.15, -0.1) is 0 Å². The van der Waals surface area contributed by atoms with Crippen molar-refractivity contribution in [2.75, 3.05) is 26.8 Å². The van der Waals surface area contributed by atoms with Crippen LogP contribution >= 0.6 is 0 Å². The number of rotatable bonds is 12. The molecule has 1 fully saturated rings. The number of methoxy groups -OCH3 is 1. The average molecular weight is 505 g/mol. The summed E-state index contributed by atoms with van der Waals surface area (Å²) in [5.41, 5.74) is 3.56. The minimum atomic E-state index is -0.676. The van der Waals surface area contributed by atoms with Crippen molar-refractivity contribution in [1.29, 1.82) is 0 Å². The van der Waals surface area contributed by atoms with Crippen LogP contribution in [-0.2, 0) is 32.8 Å². The molecule has 1 atom stereocenters. The SMILES string of the molecule is CCCOC1(c2ccc(C)cc2)CN(C(=O)[C@@H](Cc2ccc(OC)cc2)NC(=O)CCc2cnc[nH]2)C1. The lowest BCUT2D eigenvalue weighted by atomic mass is 9.84. The second-order valence-corrected chi connectivity index (χ2v) is 9.65. The molecule has 2 amide bonds. The van der Waals surface area contributed by atoms with E-state index in [1.54, 1.807) is 24.5 Å². The summed E-state index contributed by atoms with van der Waals surface area (Å²) in [5.74, 6) is 0.469. The summed E-state index contributed by atoms with van der Waals surface area (Å²) in [6.07, 6.45) is 5.38. The van der Waals surface area contributed by atoms with Gasteiger partial charge in [0.05, 0.1) is 26.5 Å².